The number of amides is 1. The Morgan fingerprint density at radius 1 is 1.36 bits per heavy atom. The molecule has 22 heavy (non-hydrogen) atoms. The summed E-state index contributed by atoms with van der Waals surface area (Å²) >= 11 is 0. The van der Waals surface area contributed by atoms with Gasteiger partial charge in [0.25, 0.3) is 5.91 Å². The number of nitrogens with one attached hydrogen (secondary N) is 1. The summed E-state index contributed by atoms with van der Waals surface area (Å²) in [5, 5.41) is 8.10. The lowest BCUT2D eigenvalue weighted by atomic mass is 10.1. The zero-order chi connectivity index (χ0) is 15.5. The quantitative estimate of drug-likeness (QED) is 0.798. The van der Waals surface area contributed by atoms with Gasteiger partial charge in [-0.25, -0.2) is 4.68 Å². The Bertz CT molecular complexity index is 812. The molecule has 0 spiro atoms. The summed E-state index contributed by atoms with van der Waals surface area (Å²) in [6.45, 7) is 0.441. The number of fused-ring (bicyclic) bond motifs is 1. The molecule has 2 heterocycles. The van der Waals surface area contributed by atoms with Gasteiger partial charge in [0.1, 0.15) is 0 Å². The van der Waals surface area contributed by atoms with E-state index in [0.29, 0.717) is 18.0 Å². The molecule has 0 aliphatic carbocycles. The van der Waals surface area contributed by atoms with Crippen LogP contribution in [0.4, 0.5) is 0 Å². The summed E-state index contributed by atoms with van der Waals surface area (Å²) < 4.78 is 6.95. The minimum Gasteiger partial charge on any atom is -0.481 e. The van der Waals surface area contributed by atoms with Crippen LogP contribution in [0.25, 0.3) is 10.9 Å². The van der Waals surface area contributed by atoms with E-state index in [0.717, 1.165) is 16.5 Å². The van der Waals surface area contributed by atoms with Crippen molar-refractivity contribution < 1.29 is 9.53 Å². The summed E-state index contributed by atoms with van der Waals surface area (Å²) in [6.07, 6.45) is 3.43. The number of carbonyl (C=O) groups excluding carboxylic acids is 1. The maximum atomic E-state index is 12.2. The summed E-state index contributed by atoms with van der Waals surface area (Å²) in [6, 6.07) is 9.13. The molecule has 0 saturated heterocycles. The minimum absolute atomic E-state index is 0.143. The molecule has 2 aromatic heterocycles. The molecule has 1 N–H and O–H groups in total. The number of hydrogen-bond donors (Lipinski definition) is 1. The Hall–Kier alpha value is -2.89. The monoisotopic (exact) mass is 296 g/mol. The van der Waals surface area contributed by atoms with Gasteiger partial charge in [-0.05, 0) is 29.8 Å². The number of pyridine rings is 1. The molecule has 1 aromatic carbocycles. The highest BCUT2D eigenvalue weighted by Gasteiger charge is 2.12. The number of methoxy groups -OCH3 is 1. The highest BCUT2D eigenvalue weighted by Crippen LogP contribution is 2.25. The van der Waals surface area contributed by atoms with Crippen LogP contribution in [-0.4, -0.2) is 27.8 Å². The molecular formula is C16H16N4O2. The molecule has 0 fully saturated rings. The van der Waals surface area contributed by atoms with Crippen molar-refractivity contribution in [3.63, 3.8) is 0 Å². The van der Waals surface area contributed by atoms with Gasteiger partial charge in [0.15, 0.2) is 0 Å². The van der Waals surface area contributed by atoms with E-state index in [2.05, 4.69) is 15.4 Å². The Balaban J connectivity index is 1.79. The first-order chi connectivity index (χ1) is 10.7. The molecule has 0 bridgehead atoms. The summed E-state index contributed by atoms with van der Waals surface area (Å²) in [5.41, 5.74) is 2.25. The molecule has 3 aromatic rings. The average Bonchev–Trinajstić information content (AvgIpc) is 2.87. The molecule has 0 aliphatic rings. The van der Waals surface area contributed by atoms with Crippen LogP contribution in [0, 0.1) is 0 Å². The Morgan fingerprint density at radius 3 is 2.95 bits per heavy atom. The van der Waals surface area contributed by atoms with E-state index in [4.69, 9.17) is 4.74 Å². The zero-order valence-corrected chi connectivity index (χ0v) is 12.4. The molecule has 0 aliphatic heterocycles. The second kappa shape index (κ2) is 5.85. The van der Waals surface area contributed by atoms with Crippen molar-refractivity contribution in [2.75, 3.05) is 7.11 Å². The first-order valence-electron chi connectivity index (χ1n) is 6.87. The SMILES string of the molecule is COc1c2ccc(C(=O)NCc3cccnc3)cc2nn1C. The van der Waals surface area contributed by atoms with E-state index < -0.39 is 0 Å². The number of carbonyl (C=O) groups is 1. The van der Waals surface area contributed by atoms with E-state index in [1.54, 1.807) is 43.4 Å². The molecule has 112 valence electrons. The van der Waals surface area contributed by atoms with Crippen molar-refractivity contribution in [3.8, 4) is 5.88 Å². The second-order valence-electron chi connectivity index (χ2n) is 4.91. The number of aryl methyl sites for hydroxylation is 1. The van der Waals surface area contributed by atoms with Gasteiger partial charge in [0.2, 0.25) is 5.88 Å². The Kier molecular flexibility index (Phi) is 3.74. The Morgan fingerprint density at radius 2 is 2.23 bits per heavy atom. The predicted molar refractivity (Wildman–Crippen MR) is 82.7 cm³/mol. The highest BCUT2D eigenvalue weighted by molar-refractivity contribution is 5.98. The van der Waals surface area contributed by atoms with E-state index >= 15 is 0 Å². The lowest BCUT2D eigenvalue weighted by molar-refractivity contribution is 0.0951. The van der Waals surface area contributed by atoms with Crippen molar-refractivity contribution in [2.24, 2.45) is 7.05 Å². The molecule has 0 saturated carbocycles. The molecule has 0 radical (unpaired) electrons. The number of aromatic nitrogens is 3. The topological polar surface area (TPSA) is 69.0 Å². The molecular weight excluding hydrogens is 280 g/mol. The van der Waals surface area contributed by atoms with Crippen LogP contribution in [0.2, 0.25) is 0 Å². The zero-order valence-electron chi connectivity index (χ0n) is 12.4. The van der Waals surface area contributed by atoms with Crippen molar-refractivity contribution in [1.29, 1.82) is 0 Å². The maximum absolute atomic E-state index is 12.2. The van der Waals surface area contributed by atoms with Gasteiger partial charge < -0.3 is 10.1 Å². The number of benzene rings is 1. The first kappa shape index (κ1) is 14.1. The first-order valence-corrected chi connectivity index (χ1v) is 6.87. The van der Waals surface area contributed by atoms with Crippen molar-refractivity contribution in [2.45, 2.75) is 6.54 Å². The molecule has 0 unspecified atom stereocenters. The lowest BCUT2D eigenvalue weighted by Crippen LogP contribution is -2.22. The van der Waals surface area contributed by atoms with E-state index in [1.807, 2.05) is 18.2 Å². The molecule has 1 amide bonds. The van der Waals surface area contributed by atoms with Crippen LogP contribution in [0.3, 0.4) is 0 Å². The lowest BCUT2D eigenvalue weighted by Gasteiger charge is -2.05. The fraction of sp³-hybridized carbons (Fsp3) is 0.188. The summed E-state index contributed by atoms with van der Waals surface area (Å²) in [4.78, 5) is 16.2. The largest absolute Gasteiger partial charge is 0.481 e. The number of nitrogens with zero attached hydrogens (tertiary/aromatic N) is 3. The van der Waals surface area contributed by atoms with Crippen LogP contribution in [0.5, 0.6) is 5.88 Å². The standard InChI is InChI=1S/C16H16N4O2/c1-20-16(22-2)13-6-5-12(8-14(13)19-20)15(21)18-10-11-4-3-7-17-9-11/h3-9H,10H2,1-2H3,(H,18,21). The van der Waals surface area contributed by atoms with Gasteiger partial charge in [-0.3, -0.25) is 9.78 Å². The van der Waals surface area contributed by atoms with E-state index in [-0.39, 0.29) is 5.91 Å². The number of ether oxygens (including phenoxy) is 1. The van der Waals surface area contributed by atoms with Crippen molar-refractivity contribution >= 4 is 16.8 Å². The molecule has 3 rings (SSSR count). The van der Waals surface area contributed by atoms with Crippen LogP contribution in [-0.2, 0) is 13.6 Å². The normalized spacial score (nSPS) is 10.6. The van der Waals surface area contributed by atoms with E-state index in [9.17, 15) is 4.79 Å². The molecule has 0 atom stereocenters. The van der Waals surface area contributed by atoms with Crippen molar-refractivity contribution in [3.05, 3.63) is 53.9 Å². The van der Waals surface area contributed by atoms with Crippen molar-refractivity contribution in [1.82, 2.24) is 20.1 Å². The van der Waals surface area contributed by atoms with Gasteiger partial charge in [0, 0.05) is 31.5 Å². The maximum Gasteiger partial charge on any atom is 0.251 e. The van der Waals surface area contributed by atoms with Gasteiger partial charge >= 0.3 is 0 Å². The Labute approximate surface area is 127 Å². The van der Waals surface area contributed by atoms with Crippen LogP contribution < -0.4 is 10.1 Å². The third kappa shape index (κ3) is 2.63. The predicted octanol–water partition coefficient (Wildman–Crippen LogP) is 1.91. The smallest absolute Gasteiger partial charge is 0.251 e. The van der Waals surface area contributed by atoms with E-state index in [1.165, 1.54) is 0 Å². The summed E-state index contributed by atoms with van der Waals surface area (Å²) in [7, 11) is 3.41. The molecule has 6 heteroatoms. The number of hydrogen-bond acceptors (Lipinski definition) is 4. The van der Waals surface area contributed by atoms with Gasteiger partial charge in [-0.15, -0.1) is 0 Å². The highest BCUT2D eigenvalue weighted by atomic mass is 16.5. The average molecular weight is 296 g/mol. The fourth-order valence-corrected chi connectivity index (χ4v) is 2.35. The minimum atomic E-state index is -0.143. The number of rotatable bonds is 4. The van der Waals surface area contributed by atoms with Crippen LogP contribution >= 0.6 is 0 Å². The fourth-order valence-electron chi connectivity index (χ4n) is 2.35. The summed E-state index contributed by atoms with van der Waals surface area (Å²) in [5.74, 6) is 0.535. The third-order valence-electron chi connectivity index (χ3n) is 3.41. The second-order valence-corrected chi connectivity index (χ2v) is 4.91. The van der Waals surface area contributed by atoms with Gasteiger partial charge in [0.05, 0.1) is 18.0 Å². The van der Waals surface area contributed by atoms with Gasteiger partial charge in [-0.1, -0.05) is 6.07 Å². The van der Waals surface area contributed by atoms with Gasteiger partial charge in [-0.2, -0.15) is 5.10 Å². The molecule has 6 nitrogen and oxygen atoms in total. The third-order valence-corrected chi connectivity index (χ3v) is 3.41. The van der Waals surface area contributed by atoms with Crippen LogP contribution in [0.1, 0.15) is 15.9 Å². The van der Waals surface area contributed by atoms with Crippen LogP contribution in [0.15, 0.2) is 42.7 Å².